The van der Waals surface area contributed by atoms with E-state index in [1.165, 1.54) is 17.7 Å². The molecule has 0 aliphatic carbocycles. The Morgan fingerprint density at radius 3 is 2.43 bits per heavy atom. The minimum atomic E-state index is -0.314. The fraction of sp³-hybridized carbons (Fsp3) is 0.188. The zero-order valence-corrected chi connectivity index (χ0v) is 13.9. The van der Waals surface area contributed by atoms with Crippen molar-refractivity contribution in [1.82, 2.24) is 0 Å². The van der Waals surface area contributed by atoms with Crippen LogP contribution >= 0.6 is 27.7 Å². The summed E-state index contributed by atoms with van der Waals surface area (Å²) in [6.07, 6.45) is 0. The predicted molar refractivity (Wildman–Crippen MR) is 89.9 cm³/mol. The van der Waals surface area contributed by atoms with E-state index in [0.29, 0.717) is 5.69 Å². The van der Waals surface area contributed by atoms with Crippen LogP contribution in [0.5, 0.6) is 0 Å². The van der Waals surface area contributed by atoms with Crippen LogP contribution in [0.1, 0.15) is 12.5 Å². The molecule has 0 spiro atoms. The second-order valence-corrected chi connectivity index (χ2v) is 6.82. The first-order valence-electron chi connectivity index (χ1n) is 6.47. The smallest absolute Gasteiger partial charge is 0.237 e. The summed E-state index contributed by atoms with van der Waals surface area (Å²) in [6, 6.07) is 13.8. The zero-order chi connectivity index (χ0) is 15.2. The molecule has 110 valence electrons. The molecule has 0 aliphatic heterocycles. The summed E-state index contributed by atoms with van der Waals surface area (Å²) in [5.41, 5.74) is 1.78. The standard InChI is InChI=1S/C16H15BrFNOS/c1-11(21-10-12-2-4-13(17)5-3-12)16(20)19-15-8-6-14(18)7-9-15/h2-9,11H,10H2,1H3,(H,19,20)/t11-/m0/s1. The lowest BCUT2D eigenvalue weighted by Gasteiger charge is -2.12. The number of hydrogen-bond donors (Lipinski definition) is 1. The van der Waals surface area contributed by atoms with Gasteiger partial charge in [0.2, 0.25) is 5.91 Å². The summed E-state index contributed by atoms with van der Waals surface area (Å²) in [6.45, 7) is 1.86. The summed E-state index contributed by atoms with van der Waals surface area (Å²) in [4.78, 5) is 12.0. The summed E-state index contributed by atoms with van der Waals surface area (Å²) >= 11 is 4.96. The number of amides is 1. The number of halogens is 2. The molecule has 2 aromatic carbocycles. The molecule has 5 heteroatoms. The number of carbonyl (C=O) groups is 1. The molecule has 2 rings (SSSR count). The first-order chi connectivity index (χ1) is 10.0. The van der Waals surface area contributed by atoms with Gasteiger partial charge in [-0.05, 0) is 48.9 Å². The maximum atomic E-state index is 12.8. The van der Waals surface area contributed by atoms with E-state index in [-0.39, 0.29) is 17.0 Å². The third-order valence-electron chi connectivity index (χ3n) is 2.89. The van der Waals surface area contributed by atoms with Gasteiger partial charge in [-0.2, -0.15) is 0 Å². The lowest BCUT2D eigenvalue weighted by Crippen LogP contribution is -2.22. The van der Waals surface area contributed by atoms with Gasteiger partial charge in [0.25, 0.3) is 0 Å². The maximum absolute atomic E-state index is 12.8. The van der Waals surface area contributed by atoms with E-state index in [1.807, 2.05) is 31.2 Å². The number of anilines is 1. The van der Waals surface area contributed by atoms with E-state index in [2.05, 4.69) is 21.2 Å². The van der Waals surface area contributed by atoms with Gasteiger partial charge in [-0.3, -0.25) is 4.79 Å². The number of rotatable bonds is 5. The van der Waals surface area contributed by atoms with Crippen molar-refractivity contribution in [2.75, 3.05) is 5.32 Å². The highest BCUT2D eigenvalue weighted by molar-refractivity contribution is 9.10. The Kier molecular flexibility index (Phi) is 5.82. The second kappa shape index (κ2) is 7.61. The van der Waals surface area contributed by atoms with Crippen LogP contribution in [0.25, 0.3) is 0 Å². The van der Waals surface area contributed by atoms with Gasteiger partial charge < -0.3 is 5.32 Å². The van der Waals surface area contributed by atoms with Gasteiger partial charge in [0.1, 0.15) is 5.82 Å². The molecule has 0 unspecified atom stereocenters. The molecule has 1 atom stereocenters. The molecular formula is C16H15BrFNOS. The highest BCUT2D eigenvalue weighted by atomic mass is 79.9. The van der Waals surface area contributed by atoms with Gasteiger partial charge in [0.05, 0.1) is 5.25 Å². The fourth-order valence-corrected chi connectivity index (χ4v) is 2.76. The van der Waals surface area contributed by atoms with Crippen LogP contribution in [-0.2, 0) is 10.5 Å². The highest BCUT2D eigenvalue weighted by Gasteiger charge is 2.13. The minimum Gasteiger partial charge on any atom is -0.325 e. The van der Waals surface area contributed by atoms with Crippen LogP contribution in [0.15, 0.2) is 53.0 Å². The largest absolute Gasteiger partial charge is 0.325 e. The Morgan fingerprint density at radius 2 is 1.81 bits per heavy atom. The first-order valence-corrected chi connectivity index (χ1v) is 8.31. The Hall–Kier alpha value is -1.33. The van der Waals surface area contributed by atoms with Crippen LogP contribution in [0.4, 0.5) is 10.1 Å². The van der Waals surface area contributed by atoms with Crippen molar-refractivity contribution >= 4 is 39.3 Å². The van der Waals surface area contributed by atoms with Crippen molar-refractivity contribution in [3.8, 4) is 0 Å². The normalized spacial score (nSPS) is 12.0. The molecule has 1 N–H and O–H groups in total. The quantitative estimate of drug-likeness (QED) is 0.818. The monoisotopic (exact) mass is 367 g/mol. The molecule has 0 radical (unpaired) electrons. The second-order valence-electron chi connectivity index (χ2n) is 4.58. The Labute approximate surface area is 136 Å². The molecule has 0 aliphatic rings. The first kappa shape index (κ1) is 16.0. The molecule has 0 aromatic heterocycles. The van der Waals surface area contributed by atoms with Crippen molar-refractivity contribution in [1.29, 1.82) is 0 Å². The van der Waals surface area contributed by atoms with Crippen LogP contribution in [0, 0.1) is 5.82 Å². The number of nitrogens with one attached hydrogen (secondary N) is 1. The third-order valence-corrected chi connectivity index (χ3v) is 4.64. The third kappa shape index (κ3) is 5.17. The van der Waals surface area contributed by atoms with Crippen LogP contribution < -0.4 is 5.32 Å². The van der Waals surface area contributed by atoms with Crippen molar-refractivity contribution < 1.29 is 9.18 Å². The van der Waals surface area contributed by atoms with Crippen molar-refractivity contribution in [2.24, 2.45) is 0 Å². The molecule has 21 heavy (non-hydrogen) atoms. The van der Waals surface area contributed by atoms with E-state index in [1.54, 1.807) is 23.9 Å². The van der Waals surface area contributed by atoms with Gasteiger partial charge in [0, 0.05) is 15.9 Å². The summed E-state index contributed by atoms with van der Waals surface area (Å²) in [5.74, 6) is 0.375. The van der Waals surface area contributed by atoms with Gasteiger partial charge in [-0.1, -0.05) is 28.1 Å². The van der Waals surface area contributed by atoms with Gasteiger partial charge in [-0.25, -0.2) is 4.39 Å². The Bertz CT molecular complexity index is 601. The van der Waals surface area contributed by atoms with Crippen molar-refractivity contribution in [2.45, 2.75) is 17.9 Å². The SMILES string of the molecule is C[C@H](SCc1ccc(Br)cc1)C(=O)Nc1ccc(F)cc1. The molecule has 0 fully saturated rings. The molecule has 2 nitrogen and oxygen atoms in total. The van der Waals surface area contributed by atoms with E-state index in [9.17, 15) is 9.18 Å². The topological polar surface area (TPSA) is 29.1 Å². The molecule has 1 amide bonds. The average molecular weight is 368 g/mol. The van der Waals surface area contributed by atoms with Gasteiger partial charge >= 0.3 is 0 Å². The predicted octanol–water partition coefficient (Wildman–Crippen LogP) is 4.85. The van der Waals surface area contributed by atoms with E-state index >= 15 is 0 Å². The summed E-state index contributed by atoms with van der Waals surface area (Å²) in [5, 5.41) is 2.60. The van der Waals surface area contributed by atoms with E-state index in [0.717, 1.165) is 10.2 Å². The summed E-state index contributed by atoms with van der Waals surface area (Å²) < 4.78 is 13.8. The molecular weight excluding hydrogens is 353 g/mol. The van der Waals surface area contributed by atoms with Crippen LogP contribution in [0.2, 0.25) is 0 Å². The molecule has 2 aromatic rings. The lowest BCUT2D eigenvalue weighted by atomic mass is 10.2. The summed E-state index contributed by atoms with van der Waals surface area (Å²) in [7, 11) is 0. The average Bonchev–Trinajstić information content (AvgIpc) is 2.48. The Balaban J connectivity index is 1.84. The molecule has 0 saturated heterocycles. The minimum absolute atomic E-state index is 0.0799. The maximum Gasteiger partial charge on any atom is 0.237 e. The molecule has 0 bridgehead atoms. The number of carbonyl (C=O) groups excluding carboxylic acids is 1. The number of thioether (sulfide) groups is 1. The van der Waals surface area contributed by atoms with Crippen molar-refractivity contribution in [3.63, 3.8) is 0 Å². The highest BCUT2D eigenvalue weighted by Crippen LogP contribution is 2.21. The van der Waals surface area contributed by atoms with Crippen LogP contribution in [0.3, 0.4) is 0 Å². The van der Waals surface area contributed by atoms with Crippen LogP contribution in [-0.4, -0.2) is 11.2 Å². The zero-order valence-electron chi connectivity index (χ0n) is 11.5. The molecule has 0 saturated carbocycles. The van der Waals surface area contributed by atoms with Crippen molar-refractivity contribution in [3.05, 3.63) is 64.4 Å². The van der Waals surface area contributed by atoms with E-state index < -0.39 is 0 Å². The van der Waals surface area contributed by atoms with Gasteiger partial charge in [0.15, 0.2) is 0 Å². The number of hydrogen-bond acceptors (Lipinski definition) is 2. The fourth-order valence-electron chi connectivity index (χ4n) is 1.65. The lowest BCUT2D eigenvalue weighted by molar-refractivity contribution is -0.115. The van der Waals surface area contributed by atoms with E-state index in [4.69, 9.17) is 0 Å². The van der Waals surface area contributed by atoms with Gasteiger partial charge in [-0.15, -0.1) is 11.8 Å². The Morgan fingerprint density at radius 1 is 1.19 bits per heavy atom. The number of benzene rings is 2. The molecule has 0 heterocycles.